The van der Waals surface area contributed by atoms with Crippen LogP contribution in [0.1, 0.15) is 5.56 Å². The normalized spacial score (nSPS) is 10.8. The van der Waals surface area contributed by atoms with E-state index in [0.717, 1.165) is 12.1 Å². The Bertz CT molecular complexity index is 679. The Labute approximate surface area is 117 Å². The quantitative estimate of drug-likeness (QED) is 0.940. The summed E-state index contributed by atoms with van der Waals surface area (Å²) >= 11 is 0. The number of rotatable bonds is 3. The lowest BCUT2D eigenvalue weighted by molar-refractivity contribution is -0.274. The molecular weight excluding hydrogens is 287 g/mol. The second-order valence-electron chi connectivity index (χ2n) is 3.85. The highest BCUT2D eigenvalue weighted by atomic mass is 19.4. The van der Waals surface area contributed by atoms with E-state index < -0.39 is 6.36 Å². The summed E-state index contributed by atoms with van der Waals surface area (Å²) in [7, 11) is 0. The molecule has 0 unspecified atom stereocenters. The van der Waals surface area contributed by atoms with Crippen molar-refractivity contribution in [1.29, 1.82) is 5.26 Å². The molecule has 21 heavy (non-hydrogen) atoms. The van der Waals surface area contributed by atoms with Gasteiger partial charge in [0, 0.05) is 0 Å². The predicted octanol–water partition coefficient (Wildman–Crippen LogP) is 3.23. The van der Waals surface area contributed by atoms with E-state index in [4.69, 9.17) is 15.7 Å². The largest absolute Gasteiger partial charge is 0.573 e. The molecule has 0 spiro atoms. The van der Waals surface area contributed by atoms with Gasteiger partial charge in [-0.2, -0.15) is 5.26 Å². The van der Waals surface area contributed by atoms with Gasteiger partial charge in [-0.05, 0) is 30.3 Å². The van der Waals surface area contributed by atoms with E-state index in [9.17, 15) is 13.2 Å². The Morgan fingerprint density at radius 2 is 1.76 bits per heavy atom. The van der Waals surface area contributed by atoms with Crippen molar-refractivity contribution in [3.63, 3.8) is 0 Å². The maximum Gasteiger partial charge on any atom is 0.573 e. The van der Waals surface area contributed by atoms with Gasteiger partial charge in [0.05, 0.1) is 11.9 Å². The summed E-state index contributed by atoms with van der Waals surface area (Å²) in [5, 5.41) is 8.92. The van der Waals surface area contributed by atoms with Crippen molar-refractivity contribution in [1.82, 2.24) is 4.98 Å². The topological polar surface area (TPSA) is 81.2 Å². The van der Waals surface area contributed by atoms with Gasteiger partial charge in [0.2, 0.25) is 5.88 Å². The summed E-state index contributed by atoms with van der Waals surface area (Å²) < 4.78 is 45.1. The highest BCUT2D eigenvalue weighted by Gasteiger charge is 2.30. The third kappa shape index (κ3) is 4.01. The van der Waals surface area contributed by atoms with E-state index in [2.05, 4.69) is 9.72 Å². The Kier molecular flexibility index (Phi) is 3.84. The number of aromatic nitrogens is 1. The summed E-state index contributed by atoms with van der Waals surface area (Å²) in [5.41, 5.74) is 5.90. The van der Waals surface area contributed by atoms with E-state index in [1.165, 1.54) is 24.4 Å². The van der Waals surface area contributed by atoms with E-state index >= 15 is 0 Å². The van der Waals surface area contributed by atoms with Crippen LogP contribution in [0.5, 0.6) is 17.4 Å². The van der Waals surface area contributed by atoms with Crippen LogP contribution in [0.3, 0.4) is 0 Å². The average Bonchev–Trinajstić information content (AvgIpc) is 2.41. The van der Waals surface area contributed by atoms with Crippen molar-refractivity contribution in [3.8, 4) is 23.4 Å². The molecule has 2 rings (SSSR count). The Hall–Kier alpha value is -2.95. The first-order valence-corrected chi connectivity index (χ1v) is 5.56. The van der Waals surface area contributed by atoms with Crippen LogP contribution >= 0.6 is 0 Å². The molecule has 0 fully saturated rings. The molecule has 0 aliphatic carbocycles. The zero-order chi connectivity index (χ0) is 15.5. The molecule has 5 nitrogen and oxygen atoms in total. The number of benzene rings is 1. The Morgan fingerprint density at radius 3 is 2.33 bits per heavy atom. The van der Waals surface area contributed by atoms with E-state index in [1.54, 1.807) is 0 Å². The van der Waals surface area contributed by atoms with Crippen LogP contribution in [-0.2, 0) is 0 Å². The number of nitrogen functional groups attached to an aromatic ring is 1. The monoisotopic (exact) mass is 295 g/mol. The molecular formula is C13H8F3N3O2. The molecule has 108 valence electrons. The molecule has 2 N–H and O–H groups in total. The molecule has 0 saturated carbocycles. The lowest BCUT2D eigenvalue weighted by atomic mass is 10.2. The van der Waals surface area contributed by atoms with Crippen molar-refractivity contribution < 1.29 is 22.6 Å². The van der Waals surface area contributed by atoms with E-state index in [1.807, 2.05) is 6.07 Å². The van der Waals surface area contributed by atoms with Gasteiger partial charge in [-0.25, -0.2) is 4.98 Å². The zero-order valence-corrected chi connectivity index (χ0v) is 10.4. The molecule has 8 heteroatoms. The first-order chi connectivity index (χ1) is 9.87. The van der Waals surface area contributed by atoms with Crippen LogP contribution in [0.2, 0.25) is 0 Å². The molecule has 0 radical (unpaired) electrons. The van der Waals surface area contributed by atoms with E-state index in [0.29, 0.717) is 5.69 Å². The zero-order valence-electron chi connectivity index (χ0n) is 10.4. The van der Waals surface area contributed by atoms with Crippen LogP contribution in [0.15, 0.2) is 36.5 Å². The maximum atomic E-state index is 12.0. The van der Waals surface area contributed by atoms with Crippen LogP contribution in [0.4, 0.5) is 18.9 Å². The maximum absolute atomic E-state index is 12.0. The number of hydrogen-bond donors (Lipinski definition) is 1. The minimum Gasteiger partial charge on any atom is -0.438 e. The number of nitrogens with zero attached hydrogens (tertiary/aromatic N) is 2. The molecule has 1 heterocycles. The Morgan fingerprint density at radius 1 is 1.14 bits per heavy atom. The molecule has 0 aliphatic rings. The van der Waals surface area contributed by atoms with Gasteiger partial charge in [0.15, 0.2) is 0 Å². The Balaban J connectivity index is 2.16. The fraction of sp³-hybridized carbons (Fsp3) is 0.0769. The smallest absolute Gasteiger partial charge is 0.438 e. The standard InChI is InChI=1S/C13H8F3N3O2/c14-13(15,16)21-11-3-1-10(2-4-11)20-12-8(6-17)5-9(18)7-19-12/h1-5,7H,18H2. The van der Waals surface area contributed by atoms with Crippen LogP contribution in [-0.4, -0.2) is 11.3 Å². The second kappa shape index (κ2) is 5.58. The number of pyridine rings is 1. The van der Waals surface area contributed by atoms with Crippen molar-refractivity contribution in [2.24, 2.45) is 0 Å². The molecule has 1 aromatic heterocycles. The molecule has 0 bridgehead atoms. The summed E-state index contributed by atoms with van der Waals surface area (Å²) in [6, 6.07) is 7.94. The first kappa shape index (κ1) is 14.5. The molecule has 0 atom stereocenters. The van der Waals surface area contributed by atoms with Gasteiger partial charge in [-0.1, -0.05) is 0 Å². The number of nitrogens with two attached hydrogens (primary N) is 1. The van der Waals surface area contributed by atoms with E-state index in [-0.39, 0.29) is 22.9 Å². The minimum atomic E-state index is -4.76. The second-order valence-corrected chi connectivity index (χ2v) is 3.85. The lowest BCUT2D eigenvalue weighted by Crippen LogP contribution is -2.16. The number of nitriles is 1. The molecule has 1 aromatic carbocycles. The summed E-state index contributed by atoms with van der Waals surface area (Å²) in [5.74, 6) is -0.157. The number of halogens is 3. The van der Waals surface area contributed by atoms with Crippen LogP contribution < -0.4 is 15.2 Å². The summed E-state index contributed by atoms with van der Waals surface area (Å²) in [4.78, 5) is 3.85. The fourth-order valence-corrected chi connectivity index (χ4v) is 1.45. The van der Waals surface area contributed by atoms with Crippen molar-refractivity contribution in [2.75, 3.05) is 5.73 Å². The highest BCUT2D eigenvalue weighted by Crippen LogP contribution is 2.28. The summed E-state index contributed by atoms with van der Waals surface area (Å²) in [6.45, 7) is 0. The minimum absolute atomic E-state index is 0.0104. The average molecular weight is 295 g/mol. The number of anilines is 1. The molecule has 0 aliphatic heterocycles. The number of hydrogen-bond acceptors (Lipinski definition) is 5. The predicted molar refractivity (Wildman–Crippen MR) is 66.6 cm³/mol. The van der Waals surface area contributed by atoms with Crippen molar-refractivity contribution in [3.05, 3.63) is 42.1 Å². The van der Waals surface area contributed by atoms with Crippen molar-refractivity contribution in [2.45, 2.75) is 6.36 Å². The van der Waals surface area contributed by atoms with Gasteiger partial charge in [0.25, 0.3) is 0 Å². The number of ether oxygens (including phenoxy) is 2. The first-order valence-electron chi connectivity index (χ1n) is 5.56. The lowest BCUT2D eigenvalue weighted by Gasteiger charge is -2.10. The van der Waals surface area contributed by atoms with Crippen LogP contribution in [0.25, 0.3) is 0 Å². The molecule has 2 aromatic rings. The third-order valence-electron chi connectivity index (χ3n) is 2.26. The third-order valence-corrected chi connectivity index (χ3v) is 2.26. The SMILES string of the molecule is N#Cc1cc(N)cnc1Oc1ccc(OC(F)(F)F)cc1. The van der Waals surface area contributed by atoms with Gasteiger partial charge in [0.1, 0.15) is 23.1 Å². The van der Waals surface area contributed by atoms with Crippen molar-refractivity contribution >= 4 is 5.69 Å². The fourth-order valence-electron chi connectivity index (χ4n) is 1.45. The highest BCUT2D eigenvalue weighted by molar-refractivity contribution is 5.49. The van der Waals surface area contributed by atoms with Gasteiger partial charge in [-0.15, -0.1) is 13.2 Å². The number of alkyl halides is 3. The molecule has 0 saturated heterocycles. The van der Waals surface area contributed by atoms with Gasteiger partial charge >= 0.3 is 6.36 Å². The van der Waals surface area contributed by atoms with Gasteiger partial charge < -0.3 is 15.2 Å². The van der Waals surface area contributed by atoms with Gasteiger partial charge in [-0.3, -0.25) is 0 Å². The molecule has 0 amide bonds. The summed E-state index contributed by atoms with van der Waals surface area (Å²) in [6.07, 6.45) is -3.45. The van der Waals surface area contributed by atoms with Crippen LogP contribution in [0, 0.1) is 11.3 Å².